The van der Waals surface area contributed by atoms with Gasteiger partial charge in [0.25, 0.3) is 0 Å². The van der Waals surface area contributed by atoms with Gasteiger partial charge in [0, 0.05) is 23.1 Å². The number of rotatable bonds is 2. The second-order valence-corrected chi connectivity index (χ2v) is 7.73. The maximum Gasteiger partial charge on any atom is 0.212 e. The molecule has 4 rings (SSSR count). The van der Waals surface area contributed by atoms with E-state index in [0.29, 0.717) is 0 Å². The van der Waals surface area contributed by atoms with Crippen molar-refractivity contribution in [3.63, 3.8) is 0 Å². The number of fused-ring (bicyclic) bond motifs is 3. The Kier molecular flexibility index (Phi) is 3.57. The smallest absolute Gasteiger partial charge is 0.201 e. The molecule has 0 fully saturated rings. The highest BCUT2D eigenvalue weighted by Crippen LogP contribution is 2.51. The summed E-state index contributed by atoms with van der Waals surface area (Å²) in [5.74, 6) is 0. The van der Waals surface area contributed by atoms with Crippen molar-refractivity contribution in [3.05, 3.63) is 77.0 Å². The van der Waals surface area contributed by atoms with Crippen LogP contribution in [0.4, 0.5) is 0 Å². The fourth-order valence-corrected chi connectivity index (χ4v) is 4.39. The monoisotopic (exact) mass is 328 g/mol. The van der Waals surface area contributed by atoms with E-state index >= 15 is 0 Å². The van der Waals surface area contributed by atoms with Crippen LogP contribution in [0.3, 0.4) is 0 Å². The molecule has 1 heterocycles. The zero-order chi connectivity index (χ0) is 17.8. The first-order valence-electron chi connectivity index (χ1n) is 9.18. The minimum Gasteiger partial charge on any atom is -0.201 e. The summed E-state index contributed by atoms with van der Waals surface area (Å²) < 4.78 is 2.21. The van der Waals surface area contributed by atoms with Crippen molar-refractivity contribution in [1.29, 1.82) is 0 Å². The van der Waals surface area contributed by atoms with Gasteiger partial charge in [0.2, 0.25) is 5.69 Å². The highest BCUT2D eigenvalue weighted by atomic mass is 14.9. The van der Waals surface area contributed by atoms with Crippen LogP contribution in [0.5, 0.6) is 0 Å². The van der Waals surface area contributed by atoms with E-state index in [2.05, 4.69) is 94.0 Å². The second-order valence-electron chi connectivity index (χ2n) is 7.73. The lowest BCUT2D eigenvalue weighted by Crippen LogP contribution is -2.30. The number of aromatic nitrogens is 1. The van der Waals surface area contributed by atoms with Crippen LogP contribution < -0.4 is 4.57 Å². The molecule has 2 aromatic carbocycles. The van der Waals surface area contributed by atoms with E-state index in [4.69, 9.17) is 0 Å². The number of nitrogens with zero attached hydrogens (tertiary/aromatic N) is 1. The first-order valence-corrected chi connectivity index (χ1v) is 9.18. The Hall–Kier alpha value is -2.41. The molecule has 0 atom stereocenters. The van der Waals surface area contributed by atoms with E-state index in [0.717, 1.165) is 6.42 Å². The van der Waals surface area contributed by atoms with Gasteiger partial charge >= 0.3 is 0 Å². The molecule has 0 N–H and O–H groups in total. The third-order valence-corrected chi connectivity index (χ3v) is 5.84. The first-order chi connectivity index (χ1) is 11.9. The summed E-state index contributed by atoms with van der Waals surface area (Å²) in [4.78, 5) is 0. The van der Waals surface area contributed by atoms with E-state index in [9.17, 15) is 0 Å². The predicted octanol–water partition coefficient (Wildman–Crippen LogP) is 5.36. The zero-order valence-electron chi connectivity index (χ0n) is 15.9. The molecular weight excluding hydrogens is 302 g/mol. The van der Waals surface area contributed by atoms with Crippen LogP contribution in [0.15, 0.2) is 54.7 Å². The Morgan fingerprint density at radius 1 is 0.920 bits per heavy atom. The topological polar surface area (TPSA) is 3.88 Å². The van der Waals surface area contributed by atoms with Crippen LogP contribution in [0, 0.1) is 6.92 Å². The van der Waals surface area contributed by atoms with Gasteiger partial charge in [-0.15, -0.1) is 0 Å². The van der Waals surface area contributed by atoms with E-state index in [1.54, 1.807) is 0 Å². The Labute approximate surface area is 151 Å². The number of aryl methyl sites for hydroxylation is 3. The van der Waals surface area contributed by atoms with Gasteiger partial charge in [0.1, 0.15) is 7.05 Å². The minimum atomic E-state index is 0.0675. The molecule has 0 spiro atoms. The maximum atomic E-state index is 2.42. The largest absolute Gasteiger partial charge is 0.212 e. The van der Waals surface area contributed by atoms with Gasteiger partial charge in [0.15, 0.2) is 6.20 Å². The first kappa shape index (κ1) is 16.1. The molecule has 126 valence electrons. The van der Waals surface area contributed by atoms with Gasteiger partial charge in [0.05, 0.1) is 0 Å². The van der Waals surface area contributed by atoms with Gasteiger partial charge in [-0.3, -0.25) is 0 Å². The van der Waals surface area contributed by atoms with Crippen LogP contribution >= 0.6 is 0 Å². The summed E-state index contributed by atoms with van der Waals surface area (Å²) in [5.41, 5.74) is 11.3. The Morgan fingerprint density at radius 3 is 2.44 bits per heavy atom. The fraction of sp³-hybridized carbons (Fsp3) is 0.292. The molecule has 0 radical (unpaired) electrons. The van der Waals surface area contributed by atoms with Crippen molar-refractivity contribution in [3.8, 4) is 22.4 Å². The molecule has 1 aromatic heterocycles. The van der Waals surface area contributed by atoms with Crippen molar-refractivity contribution in [2.75, 3.05) is 0 Å². The van der Waals surface area contributed by atoms with Crippen LogP contribution in [-0.4, -0.2) is 0 Å². The third kappa shape index (κ3) is 2.26. The second kappa shape index (κ2) is 5.56. The molecule has 1 heteroatoms. The molecule has 0 bridgehead atoms. The highest BCUT2D eigenvalue weighted by Gasteiger charge is 2.37. The van der Waals surface area contributed by atoms with E-state index < -0.39 is 0 Å². The Balaban J connectivity index is 2.05. The number of hydrogen-bond donors (Lipinski definition) is 0. The SMILES string of the molecule is CCc1cccc2c1-c1cc(-c3cccc[n+]3C)c(C)cc1C2(C)C. The molecule has 1 aliphatic rings. The quantitative estimate of drug-likeness (QED) is 0.558. The van der Waals surface area contributed by atoms with Crippen LogP contribution in [0.2, 0.25) is 0 Å². The van der Waals surface area contributed by atoms with Crippen molar-refractivity contribution >= 4 is 0 Å². The predicted molar refractivity (Wildman–Crippen MR) is 105 cm³/mol. The van der Waals surface area contributed by atoms with Gasteiger partial charge in [-0.25, -0.2) is 4.57 Å². The molecule has 0 aliphatic heterocycles. The summed E-state index contributed by atoms with van der Waals surface area (Å²) in [5, 5.41) is 0. The minimum absolute atomic E-state index is 0.0675. The third-order valence-electron chi connectivity index (χ3n) is 5.84. The summed E-state index contributed by atoms with van der Waals surface area (Å²) >= 11 is 0. The Morgan fingerprint density at radius 2 is 1.72 bits per heavy atom. The number of hydrogen-bond acceptors (Lipinski definition) is 0. The fourth-order valence-electron chi connectivity index (χ4n) is 4.39. The lowest BCUT2D eigenvalue weighted by atomic mass is 9.81. The molecule has 0 saturated heterocycles. The van der Waals surface area contributed by atoms with E-state index in [1.807, 2.05) is 0 Å². The summed E-state index contributed by atoms with van der Waals surface area (Å²) in [6, 6.07) is 18.1. The van der Waals surface area contributed by atoms with Crippen molar-refractivity contribution in [1.82, 2.24) is 0 Å². The lowest BCUT2D eigenvalue weighted by Gasteiger charge is -2.22. The Bertz CT molecular complexity index is 979. The molecule has 1 nitrogen and oxygen atoms in total. The van der Waals surface area contributed by atoms with E-state index in [1.165, 1.54) is 44.6 Å². The molecule has 25 heavy (non-hydrogen) atoms. The zero-order valence-corrected chi connectivity index (χ0v) is 15.9. The normalized spacial score (nSPS) is 14.3. The summed E-state index contributed by atoms with van der Waals surface area (Å²) in [6.45, 7) is 9.22. The van der Waals surface area contributed by atoms with Gasteiger partial charge in [-0.05, 0) is 58.9 Å². The van der Waals surface area contributed by atoms with Crippen LogP contribution in [-0.2, 0) is 18.9 Å². The van der Waals surface area contributed by atoms with E-state index in [-0.39, 0.29) is 5.41 Å². The average molecular weight is 328 g/mol. The molecule has 0 unspecified atom stereocenters. The van der Waals surface area contributed by atoms with Crippen molar-refractivity contribution in [2.24, 2.45) is 7.05 Å². The van der Waals surface area contributed by atoms with Gasteiger partial charge in [-0.1, -0.05) is 45.0 Å². The maximum absolute atomic E-state index is 2.42. The highest BCUT2D eigenvalue weighted by molar-refractivity contribution is 5.86. The summed E-state index contributed by atoms with van der Waals surface area (Å²) in [6.07, 6.45) is 3.19. The van der Waals surface area contributed by atoms with Crippen molar-refractivity contribution < 1.29 is 4.57 Å². The lowest BCUT2D eigenvalue weighted by molar-refractivity contribution is -0.660. The van der Waals surface area contributed by atoms with Crippen molar-refractivity contribution in [2.45, 2.75) is 39.5 Å². The standard InChI is InChI=1S/C24H26N/c1-6-17-10-9-11-20-23(17)19-15-18(22-12-7-8-13-25(22)5)16(2)14-21(19)24(20,3)4/h7-15H,6H2,1-5H3/q+1. The summed E-state index contributed by atoms with van der Waals surface area (Å²) in [7, 11) is 2.12. The number of pyridine rings is 1. The van der Waals surface area contributed by atoms with Crippen LogP contribution in [0.25, 0.3) is 22.4 Å². The molecule has 0 amide bonds. The van der Waals surface area contributed by atoms with Gasteiger partial charge in [-0.2, -0.15) is 0 Å². The van der Waals surface area contributed by atoms with Crippen LogP contribution in [0.1, 0.15) is 43.0 Å². The molecular formula is C24H26N+. The molecule has 1 aliphatic carbocycles. The average Bonchev–Trinajstić information content (AvgIpc) is 2.82. The van der Waals surface area contributed by atoms with Gasteiger partial charge < -0.3 is 0 Å². The molecule has 3 aromatic rings. The number of benzene rings is 2. The molecule has 0 saturated carbocycles.